The van der Waals surface area contributed by atoms with Gasteiger partial charge in [-0.3, -0.25) is 4.79 Å². The van der Waals surface area contributed by atoms with Gasteiger partial charge in [-0.2, -0.15) is 0 Å². The van der Waals surface area contributed by atoms with Crippen molar-refractivity contribution in [1.82, 2.24) is 5.32 Å². The molecular formula is C11H14BrClN2O4S. The maximum atomic E-state index is 11.9. The third-order valence-corrected chi connectivity index (χ3v) is 4.88. The zero-order valence-corrected chi connectivity index (χ0v) is 13.8. The molecule has 0 radical (unpaired) electrons. The molecule has 0 spiro atoms. The summed E-state index contributed by atoms with van der Waals surface area (Å²) in [5.41, 5.74) is 0.110. The van der Waals surface area contributed by atoms with Crippen LogP contribution in [-0.4, -0.2) is 34.1 Å². The molecule has 0 saturated carbocycles. The highest BCUT2D eigenvalue weighted by atomic mass is 79.9. The summed E-state index contributed by atoms with van der Waals surface area (Å²) >= 11 is 8.91. The minimum atomic E-state index is -3.98. The van der Waals surface area contributed by atoms with E-state index in [1.54, 1.807) is 0 Å². The highest BCUT2D eigenvalue weighted by molar-refractivity contribution is 9.10. The lowest BCUT2D eigenvalue weighted by Gasteiger charge is -2.09. The van der Waals surface area contributed by atoms with Crippen LogP contribution in [0.1, 0.15) is 17.3 Å². The van der Waals surface area contributed by atoms with Crippen molar-refractivity contribution >= 4 is 43.5 Å². The van der Waals surface area contributed by atoms with Crippen LogP contribution in [-0.2, 0) is 14.8 Å². The van der Waals surface area contributed by atoms with Gasteiger partial charge in [0.1, 0.15) is 0 Å². The lowest BCUT2D eigenvalue weighted by atomic mass is 10.2. The number of ether oxygens (including phenoxy) is 1. The fraction of sp³-hybridized carbons (Fsp3) is 0.364. The first-order valence-corrected chi connectivity index (χ1v) is 8.37. The van der Waals surface area contributed by atoms with E-state index >= 15 is 0 Å². The van der Waals surface area contributed by atoms with Gasteiger partial charge in [-0.1, -0.05) is 11.6 Å². The first kappa shape index (κ1) is 17.4. The molecule has 112 valence electrons. The maximum absolute atomic E-state index is 11.9. The number of halogens is 2. The number of sulfonamides is 1. The Hall–Kier alpha value is -0.670. The number of nitrogens with two attached hydrogens (primary N) is 1. The Morgan fingerprint density at radius 2 is 2.15 bits per heavy atom. The molecule has 1 aromatic carbocycles. The fourth-order valence-corrected chi connectivity index (χ4v) is 3.22. The number of hydrogen-bond acceptors (Lipinski definition) is 4. The topological polar surface area (TPSA) is 98.5 Å². The summed E-state index contributed by atoms with van der Waals surface area (Å²) in [6, 6.07) is 2.53. The number of carbonyl (C=O) groups excluding carboxylic acids is 1. The first-order valence-electron chi connectivity index (χ1n) is 5.65. The van der Waals surface area contributed by atoms with Crippen LogP contribution in [0.15, 0.2) is 21.5 Å². The monoisotopic (exact) mass is 384 g/mol. The van der Waals surface area contributed by atoms with Crippen LogP contribution in [0.4, 0.5) is 0 Å². The predicted octanol–water partition coefficient (Wildman–Crippen LogP) is 1.52. The van der Waals surface area contributed by atoms with Crippen LogP contribution < -0.4 is 10.5 Å². The van der Waals surface area contributed by atoms with E-state index in [0.29, 0.717) is 19.8 Å². The summed E-state index contributed by atoms with van der Waals surface area (Å²) in [6.45, 7) is 3.07. The van der Waals surface area contributed by atoms with Crippen LogP contribution in [0.2, 0.25) is 5.02 Å². The van der Waals surface area contributed by atoms with Gasteiger partial charge in [0.2, 0.25) is 10.0 Å². The smallest absolute Gasteiger partial charge is 0.251 e. The Morgan fingerprint density at radius 3 is 2.70 bits per heavy atom. The van der Waals surface area contributed by atoms with Gasteiger partial charge in [0.25, 0.3) is 5.91 Å². The fourth-order valence-electron chi connectivity index (χ4n) is 1.39. The Labute approximate surface area is 130 Å². The Balaban J connectivity index is 2.97. The average Bonchev–Trinajstić information content (AvgIpc) is 2.36. The molecule has 0 heterocycles. The summed E-state index contributed by atoms with van der Waals surface area (Å²) in [5, 5.41) is 7.74. The second-order valence-corrected chi connectivity index (χ2v) is 6.50. The van der Waals surface area contributed by atoms with Crippen molar-refractivity contribution in [3.63, 3.8) is 0 Å². The molecule has 0 atom stereocenters. The average molecular weight is 386 g/mol. The lowest BCUT2D eigenvalue weighted by molar-refractivity contribution is 0.0922. The largest absolute Gasteiger partial charge is 0.380 e. The van der Waals surface area contributed by atoms with Crippen molar-refractivity contribution in [3.05, 3.63) is 27.2 Å². The molecule has 0 aromatic heterocycles. The molecule has 0 fully saturated rings. The molecule has 0 aliphatic carbocycles. The predicted molar refractivity (Wildman–Crippen MR) is 79.4 cm³/mol. The van der Waals surface area contributed by atoms with Gasteiger partial charge in [0, 0.05) is 18.7 Å². The molecule has 0 aliphatic heterocycles. The first-order chi connectivity index (χ1) is 9.27. The van der Waals surface area contributed by atoms with E-state index < -0.39 is 15.9 Å². The number of rotatable bonds is 6. The molecule has 6 nitrogen and oxygen atoms in total. The van der Waals surface area contributed by atoms with E-state index in [-0.39, 0.29) is 20.0 Å². The normalized spacial score (nSPS) is 11.4. The molecule has 0 bridgehead atoms. The third-order valence-electron chi connectivity index (χ3n) is 2.30. The SMILES string of the molecule is CCOCCNC(=O)c1cc(Cl)c(Br)c(S(N)(=O)=O)c1. The van der Waals surface area contributed by atoms with Crippen molar-refractivity contribution in [2.24, 2.45) is 5.14 Å². The summed E-state index contributed by atoms with van der Waals surface area (Å²) in [5.74, 6) is -0.455. The van der Waals surface area contributed by atoms with Crippen LogP contribution >= 0.6 is 27.5 Å². The van der Waals surface area contributed by atoms with Gasteiger partial charge in [-0.25, -0.2) is 13.6 Å². The highest BCUT2D eigenvalue weighted by Gasteiger charge is 2.19. The van der Waals surface area contributed by atoms with Crippen molar-refractivity contribution in [3.8, 4) is 0 Å². The van der Waals surface area contributed by atoms with Crippen LogP contribution in [0.3, 0.4) is 0 Å². The Morgan fingerprint density at radius 1 is 1.50 bits per heavy atom. The molecule has 20 heavy (non-hydrogen) atoms. The third kappa shape index (κ3) is 4.71. The van der Waals surface area contributed by atoms with Crippen LogP contribution in [0, 0.1) is 0 Å². The summed E-state index contributed by atoms with van der Waals surface area (Å²) in [4.78, 5) is 11.6. The van der Waals surface area contributed by atoms with Crippen LogP contribution in [0.5, 0.6) is 0 Å². The van der Waals surface area contributed by atoms with E-state index in [1.807, 2.05) is 6.92 Å². The number of nitrogens with one attached hydrogen (secondary N) is 1. The van der Waals surface area contributed by atoms with E-state index in [1.165, 1.54) is 12.1 Å². The second-order valence-electron chi connectivity index (χ2n) is 3.77. The summed E-state index contributed by atoms with van der Waals surface area (Å²) in [7, 11) is -3.98. The van der Waals surface area contributed by atoms with Gasteiger partial charge in [-0.15, -0.1) is 0 Å². The lowest BCUT2D eigenvalue weighted by Crippen LogP contribution is -2.27. The Bertz CT molecular complexity index is 607. The van der Waals surface area contributed by atoms with Gasteiger partial charge in [0.05, 0.1) is 21.0 Å². The van der Waals surface area contributed by atoms with Gasteiger partial charge < -0.3 is 10.1 Å². The summed E-state index contributed by atoms with van der Waals surface area (Å²) in [6.07, 6.45) is 0. The minimum absolute atomic E-state index is 0.0893. The number of primary sulfonamides is 1. The summed E-state index contributed by atoms with van der Waals surface area (Å²) < 4.78 is 28.0. The number of carbonyl (C=O) groups is 1. The quantitative estimate of drug-likeness (QED) is 0.725. The van der Waals surface area contributed by atoms with E-state index in [0.717, 1.165) is 0 Å². The van der Waals surface area contributed by atoms with Gasteiger partial charge >= 0.3 is 0 Å². The molecule has 0 saturated heterocycles. The standard InChI is InChI=1S/C11H14BrClN2O4S/c1-2-19-4-3-15-11(16)7-5-8(13)10(12)9(6-7)20(14,17)18/h5-6H,2-4H2,1H3,(H,15,16)(H2,14,17,18). The van der Waals surface area contributed by atoms with Gasteiger partial charge in [0.15, 0.2) is 0 Å². The molecule has 1 amide bonds. The Kier molecular flexibility index (Phi) is 6.41. The van der Waals surface area contributed by atoms with Crippen LogP contribution in [0.25, 0.3) is 0 Å². The molecule has 0 unspecified atom stereocenters. The van der Waals surface area contributed by atoms with E-state index in [9.17, 15) is 13.2 Å². The van der Waals surface area contributed by atoms with Crippen molar-refractivity contribution < 1.29 is 17.9 Å². The number of hydrogen-bond donors (Lipinski definition) is 2. The van der Waals surface area contributed by atoms with E-state index in [4.69, 9.17) is 21.5 Å². The van der Waals surface area contributed by atoms with Crippen molar-refractivity contribution in [2.45, 2.75) is 11.8 Å². The molecule has 1 rings (SSSR count). The molecular weight excluding hydrogens is 372 g/mol. The number of benzene rings is 1. The molecule has 9 heteroatoms. The highest BCUT2D eigenvalue weighted by Crippen LogP contribution is 2.30. The molecule has 0 aliphatic rings. The zero-order valence-electron chi connectivity index (χ0n) is 10.7. The number of amides is 1. The maximum Gasteiger partial charge on any atom is 0.251 e. The van der Waals surface area contributed by atoms with Crippen molar-refractivity contribution in [1.29, 1.82) is 0 Å². The minimum Gasteiger partial charge on any atom is -0.380 e. The van der Waals surface area contributed by atoms with Gasteiger partial charge in [-0.05, 0) is 35.0 Å². The van der Waals surface area contributed by atoms with E-state index in [2.05, 4.69) is 21.2 Å². The zero-order chi connectivity index (χ0) is 15.3. The van der Waals surface area contributed by atoms with Crippen molar-refractivity contribution in [2.75, 3.05) is 19.8 Å². The second kappa shape index (κ2) is 7.37. The molecule has 3 N–H and O–H groups in total. The molecule has 1 aromatic rings.